The molecule has 3 rings (SSSR count). The molecule has 36 heavy (non-hydrogen) atoms. The molecule has 0 aliphatic carbocycles. The van der Waals surface area contributed by atoms with Gasteiger partial charge in [0.1, 0.15) is 23.0 Å². The third-order valence-electron chi connectivity index (χ3n) is 5.60. The first-order chi connectivity index (χ1) is 17.3. The first-order valence-corrected chi connectivity index (χ1v) is 11.8. The quantitative estimate of drug-likeness (QED) is 0.128. The smallest absolute Gasteiger partial charge is 0.271 e. The van der Waals surface area contributed by atoms with E-state index in [1.54, 1.807) is 29.7 Å². The minimum Gasteiger partial charge on any atom is -0.508 e. The van der Waals surface area contributed by atoms with Crippen molar-refractivity contribution in [2.45, 2.75) is 44.9 Å². The molecule has 1 aromatic heterocycles. The molecule has 3 aromatic rings. The summed E-state index contributed by atoms with van der Waals surface area (Å²) in [7, 11) is 0. The summed E-state index contributed by atoms with van der Waals surface area (Å²) in [6.45, 7) is 0.509. The Labute approximate surface area is 212 Å². The maximum absolute atomic E-state index is 11.9. The van der Waals surface area contributed by atoms with Crippen LogP contribution in [0, 0.1) is 0 Å². The number of phenolic OH excluding ortho intramolecular Hbond substituents is 2. The Kier molecular flexibility index (Phi) is 9.54. The van der Waals surface area contributed by atoms with Crippen LogP contribution in [0.5, 0.6) is 17.2 Å². The number of amides is 2. The van der Waals surface area contributed by atoms with E-state index in [4.69, 9.17) is 31.8 Å². The van der Waals surface area contributed by atoms with Gasteiger partial charge >= 0.3 is 0 Å². The predicted molar refractivity (Wildman–Crippen MR) is 131 cm³/mol. The molecule has 0 aliphatic heterocycles. The number of nitrogens with zero attached hydrogens (tertiary/aromatic N) is 1. The van der Waals surface area contributed by atoms with Crippen molar-refractivity contribution in [3.05, 3.63) is 58.4 Å². The SMILES string of the molecule is NC(=O)c1noc(CCc2cc(Cl)c(O)cc2O)c1-c1ccc(OCCCCCCC(=O)NO)cc1. The van der Waals surface area contributed by atoms with Gasteiger partial charge in [-0.25, -0.2) is 5.48 Å². The molecule has 0 saturated carbocycles. The number of hydrogen-bond acceptors (Lipinski definition) is 8. The van der Waals surface area contributed by atoms with Crippen LogP contribution in [0.3, 0.4) is 0 Å². The fourth-order valence-corrected chi connectivity index (χ4v) is 3.89. The average molecular weight is 518 g/mol. The molecule has 192 valence electrons. The van der Waals surface area contributed by atoms with Crippen molar-refractivity contribution in [1.82, 2.24) is 10.6 Å². The van der Waals surface area contributed by atoms with E-state index < -0.39 is 5.91 Å². The van der Waals surface area contributed by atoms with Crippen LogP contribution >= 0.6 is 11.6 Å². The number of aromatic nitrogens is 1. The molecule has 2 amide bonds. The maximum Gasteiger partial charge on any atom is 0.271 e. The van der Waals surface area contributed by atoms with Gasteiger partial charge in [-0.2, -0.15) is 0 Å². The van der Waals surface area contributed by atoms with Crippen LogP contribution in [0.4, 0.5) is 0 Å². The number of halogens is 1. The normalized spacial score (nSPS) is 10.8. The second-order valence-electron chi connectivity index (χ2n) is 8.20. The lowest BCUT2D eigenvalue weighted by Crippen LogP contribution is -2.17. The van der Waals surface area contributed by atoms with Crippen molar-refractivity contribution in [3.63, 3.8) is 0 Å². The minimum atomic E-state index is -0.729. The van der Waals surface area contributed by atoms with Crippen LogP contribution in [0.15, 0.2) is 40.9 Å². The van der Waals surface area contributed by atoms with Crippen LogP contribution in [0.1, 0.15) is 53.9 Å². The van der Waals surface area contributed by atoms with Crippen LogP contribution in [0.25, 0.3) is 11.1 Å². The number of phenols is 2. The molecule has 10 nitrogen and oxygen atoms in total. The van der Waals surface area contributed by atoms with E-state index >= 15 is 0 Å². The topological polar surface area (TPSA) is 168 Å². The summed E-state index contributed by atoms with van der Waals surface area (Å²) in [6, 6.07) is 9.74. The highest BCUT2D eigenvalue weighted by molar-refractivity contribution is 6.32. The summed E-state index contributed by atoms with van der Waals surface area (Å²) in [5.41, 5.74) is 8.75. The van der Waals surface area contributed by atoms with Crippen molar-refractivity contribution in [2.75, 3.05) is 6.61 Å². The molecule has 0 aliphatic rings. The zero-order valence-electron chi connectivity index (χ0n) is 19.5. The second kappa shape index (κ2) is 12.8. The molecule has 0 radical (unpaired) electrons. The molecule has 0 saturated heterocycles. The maximum atomic E-state index is 11.9. The highest BCUT2D eigenvalue weighted by Gasteiger charge is 2.22. The summed E-state index contributed by atoms with van der Waals surface area (Å²) in [6.07, 6.45) is 4.17. The monoisotopic (exact) mass is 517 g/mol. The van der Waals surface area contributed by atoms with E-state index in [0.717, 1.165) is 19.3 Å². The van der Waals surface area contributed by atoms with Crippen LogP contribution in [-0.2, 0) is 17.6 Å². The lowest BCUT2D eigenvalue weighted by Gasteiger charge is -2.09. The van der Waals surface area contributed by atoms with Crippen LogP contribution in [-0.4, -0.2) is 39.0 Å². The second-order valence-corrected chi connectivity index (χ2v) is 8.61. The van der Waals surface area contributed by atoms with Crippen molar-refractivity contribution in [1.29, 1.82) is 0 Å². The number of nitrogens with two attached hydrogens (primary N) is 1. The predicted octanol–water partition coefficient (Wildman–Crippen LogP) is 4.13. The summed E-state index contributed by atoms with van der Waals surface area (Å²) < 4.78 is 11.2. The number of ether oxygens (including phenoxy) is 1. The Balaban J connectivity index is 1.62. The summed E-state index contributed by atoms with van der Waals surface area (Å²) in [5, 5.41) is 32.1. The number of carbonyl (C=O) groups is 2. The number of benzene rings is 2. The highest BCUT2D eigenvalue weighted by Crippen LogP contribution is 2.34. The number of unbranched alkanes of at least 4 members (excludes halogenated alkanes) is 3. The summed E-state index contributed by atoms with van der Waals surface area (Å²) in [4.78, 5) is 22.9. The van der Waals surface area contributed by atoms with Gasteiger partial charge in [0.05, 0.1) is 17.2 Å². The van der Waals surface area contributed by atoms with E-state index in [-0.39, 0.29) is 28.1 Å². The Morgan fingerprint density at radius 3 is 2.44 bits per heavy atom. The number of primary amides is 1. The Morgan fingerprint density at radius 1 is 1.03 bits per heavy atom. The number of rotatable bonds is 13. The Hall–Kier alpha value is -3.76. The average Bonchev–Trinajstić information content (AvgIpc) is 3.29. The van der Waals surface area contributed by atoms with Crippen molar-refractivity contribution in [2.24, 2.45) is 5.73 Å². The van der Waals surface area contributed by atoms with Crippen LogP contribution < -0.4 is 16.0 Å². The lowest BCUT2D eigenvalue weighted by molar-refractivity contribution is -0.129. The Morgan fingerprint density at radius 2 is 1.75 bits per heavy atom. The first kappa shape index (κ1) is 26.8. The molecule has 2 aromatic carbocycles. The molecule has 11 heteroatoms. The zero-order valence-corrected chi connectivity index (χ0v) is 20.3. The van der Waals surface area contributed by atoms with E-state index in [9.17, 15) is 19.8 Å². The van der Waals surface area contributed by atoms with Gasteiger partial charge in [0.2, 0.25) is 5.91 Å². The van der Waals surface area contributed by atoms with Crippen molar-refractivity contribution in [3.8, 4) is 28.4 Å². The van der Waals surface area contributed by atoms with Gasteiger partial charge in [0.25, 0.3) is 5.91 Å². The molecule has 0 unspecified atom stereocenters. The highest BCUT2D eigenvalue weighted by atomic mass is 35.5. The van der Waals surface area contributed by atoms with E-state index in [2.05, 4.69) is 5.16 Å². The minimum absolute atomic E-state index is 0.00140. The molecular formula is C25H28ClN3O7. The fraction of sp³-hybridized carbons (Fsp3) is 0.320. The third kappa shape index (κ3) is 7.12. The molecular weight excluding hydrogens is 490 g/mol. The van der Waals surface area contributed by atoms with E-state index in [1.165, 1.54) is 12.1 Å². The van der Waals surface area contributed by atoms with Gasteiger partial charge in [-0.3, -0.25) is 14.8 Å². The van der Waals surface area contributed by atoms with Gasteiger partial charge in [0, 0.05) is 18.9 Å². The summed E-state index contributed by atoms with van der Waals surface area (Å²) in [5.74, 6) is -0.373. The first-order valence-electron chi connectivity index (χ1n) is 11.4. The number of aromatic hydroxyl groups is 2. The number of nitrogens with one attached hydrogen (secondary N) is 1. The van der Waals surface area contributed by atoms with Gasteiger partial charge in [-0.15, -0.1) is 0 Å². The van der Waals surface area contributed by atoms with E-state index in [1.807, 2.05) is 0 Å². The molecule has 0 fully saturated rings. The summed E-state index contributed by atoms with van der Waals surface area (Å²) >= 11 is 5.95. The number of carbonyl (C=O) groups excluding carboxylic acids is 2. The lowest BCUT2D eigenvalue weighted by atomic mass is 9.99. The molecule has 0 spiro atoms. The van der Waals surface area contributed by atoms with Crippen LogP contribution in [0.2, 0.25) is 5.02 Å². The van der Waals surface area contributed by atoms with Gasteiger partial charge in [0.15, 0.2) is 5.69 Å². The zero-order chi connectivity index (χ0) is 26.1. The Bertz CT molecular complexity index is 1200. The van der Waals surface area contributed by atoms with Gasteiger partial charge < -0.3 is 25.2 Å². The fourth-order valence-electron chi connectivity index (χ4n) is 3.71. The molecule has 1 heterocycles. The molecule has 0 atom stereocenters. The third-order valence-corrected chi connectivity index (χ3v) is 5.90. The molecule has 0 bridgehead atoms. The van der Waals surface area contributed by atoms with E-state index in [0.29, 0.717) is 60.5 Å². The molecule has 6 N–H and O–H groups in total. The van der Waals surface area contributed by atoms with Crippen molar-refractivity contribution >= 4 is 23.4 Å². The van der Waals surface area contributed by atoms with Crippen molar-refractivity contribution < 1.29 is 34.3 Å². The number of hydrogen-bond donors (Lipinski definition) is 5. The van der Waals surface area contributed by atoms with Gasteiger partial charge in [-0.1, -0.05) is 41.7 Å². The largest absolute Gasteiger partial charge is 0.508 e. The standard InChI is InChI=1S/C25H28ClN3O7/c26-18-13-16(19(30)14-20(18)31)8-11-21-23(24(25(27)33)29-36-21)15-6-9-17(10-7-15)35-12-4-2-1-3-5-22(32)28-34/h6-7,9-10,13-14,30-31,34H,1-5,8,11-12H2,(H2,27,33)(H,28,32). The number of aryl methyl sites for hydroxylation is 2. The van der Waals surface area contributed by atoms with Gasteiger partial charge in [-0.05, 0) is 48.6 Å². The number of hydroxylamine groups is 1.